The molecule has 6 nitrogen and oxygen atoms in total. The highest BCUT2D eigenvalue weighted by Crippen LogP contribution is 2.61. The summed E-state index contributed by atoms with van der Waals surface area (Å²) in [6.07, 6.45) is 12.3. The SMILES string of the molecule is Cl.NC1(c2noc(C3CCCN3C(=O)C34CC5CC(CC(C5)C3)C4)n2)CCC1. The van der Waals surface area contributed by atoms with E-state index in [0.29, 0.717) is 17.6 Å². The molecule has 0 radical (unpaired) electrons. The van der Waals surface area contributed by atoms with Gasteiger partial charge in [-0.1, -0.05) is 5.16 Å². The van der Waals surface area contributed by atoms with Gasteiger partial charge in [-0.2, -0.15) is 4.98 Å². The standard InChI is InChI=1S/C21H30N4O2.ClH/c22-21(4-2-5-21)18-23-17(27-24-18)16-3-1-6-25(16)19(26)20-10-13-7-14(11-20)9-15(8-13)12-20;/h13-16H,1-12,22H2;1H. The van der Waals surface area contributed by atoms with E-state index < -0.39 is 5.54 Å². The van der Waals surface area contributed by atoms with Gasteiger partial charge in [0.15, 0.2) is 5.82 Å². The molecule has 28 heavy (non-hydrogen) atoms. The molecule has 2 N–H and O–H groups in total. The van der Waals surface area contributed by atoms with Crippen LogP contribution in [-0.4, -0.2) is 27.5 Å². The molecule has 0 spiro atoms. The summed E-state index contributed by atoms with van der Waals surface area (Å²) < 4.78 is 5.63. The lowest BCUT2D eigenvalue weighted by molar-refractivity contribution is -0.159. The zero-order chi connectivity index (χ0) is 18.2. The minimum Gasteiger partial charge on any atom is -0.337 e. The Hall–Kier alpha value is -1.14. The van der Waals surface area contributed by atoms with E-state index in [2.05, 4.69) is 15.0 Å². The maximum Gasteiger partial charge on any atom is 0.249 e. The van der Waals surface area contributed by atoms with Crippen molar-refractivity contribution in [2.75, 3.05) is 6.54 Å². The molecule has 0 aromatic carbocycles. The summed E-state index contributed by atoms with van der Waals surface area (Å²) in [6, 6.07) is -0.0459. The molecule has 2 heterocycles. The minimum atomic E-state index is -0.408. The number of nitrogens with zero attached hydrogens (tertiary/aromatic N) is 3. The first-order valence-corrected chi connectivity index (χ1v) is 11.0. The van der Waals surface area contributed by atoms with Crippen molar-refractivity contribution in [3.63, 3.8) is 0 Å². The number of halogens is 1. The predicted molar refractivity (Wildman–Crippen MR) is 106 cm³/mol. The molecule has 1 amide bonds. The molecule has 7 rings (SSSR count). The van der Waals surface area contributed by atoms with Crippen molar-refractivity contribution in [1.29, 1.82) is 0 Å². The van der Waals surface area contributed by atoms with E-state index >= 15 is 0 Å². The lowest BCUT2D eigenvalue weighted by atomic mass is 9.49. The first-order chi connectivity index (χ1) is 13.0. The van der Waals surface area contributed by atoms with Crippen LogP contribution in [0.5, 0.6) is 0 Å². The Balaban J connectivity index is 0.00000171. The van der Waals surface area contributed by atoms with E-state index in [9.17, 15) is 4.79 Å². The molecule has 7 heteroatoms. The Kier molecular flexibility index (Phi) is 4.33. The summed E-state index contributed by atoms with van der Waals surface area (Å²) >= 11 is 0. The lowest BCUT2D eigenvalue weighted by Crippen LogP contribution is -2.54. The molecule has 4 bridgehead atoms. The number of hydrogen-bond donors (Lipinski definition) is 1. The fourth-order valence-electron chi connectivity index (χ4n) is 7.30. The zero-order valence-corrected chi connectivity index (χ0v) is 17.3. The van der Waals surface area contributed by atoms with Crippen molar-refractivity contribution in [3.05, 3.63) is 11.7 Å². The monoisotopic (exact) mass is 406 g/mol. The topological polar surface area (TPSA) is 85.2 Å². The molecule has 6 fully saturated rings. The van der Waals surface area contributed by atoms with E-state index in [1.54, 1.807) is 0 Å². The second kappa shape index (κ2) is 6.43. The summed E-state index contributed by atoms with van der Waals surface area (Å²) in [6.45, 7) is 0.830. The maximum atomic E-state index is 13.8. The fourth-order valence-corrected chi connectivity index (χ4v) is 7.30. The fraction of sp³-hybridized carbons (Fsp3) is 0.857. The van der Waals surface area contributed by atoms with Gasteiger partial charge in [0.2, 0.25) is 11.8 Å². The van der Waals surface area contributed by atoms with Crippen LogP contribution in [0.25, 0.3) is 0 Å². The van der Waals surface area contributed by atoms with Crippen LogP contribution < -0.4 is 5.73 Å². The Morgan fingerprint density at radius 1 is 1.07 bits per heavy atom. The number of rotatable bonds is 3. The van der Waals surface area contributed by atoms with Crippen LogP contribution in [0, 0.1) is 23.2 Å². The van der Waals surface area contributed by atoms with Crippen molar-refractivity contribution in [1.82, 2.24) is 15.0 Å². The van der Waals surface area contributed by atoms with Crippen molar-refractivity contribution in [2.45, 2.75) is 82.2 Å². The van der Waals surface area contributed by atoms with Crippen LogP contribution >= 0.6 is 12.4 Å². The smallest absolute Gasteiger partial charge is 0.249 e. The largest absolute Gasteiger partial charge is 0.337 e. The highest BCUT2D eigenvalue weighted by atomic mass is 35.5. The van der Waals surface area contributed by atoms with Gasteiger partial charge in [-0.15, -0.1) is 12.4 Å². The molecule has 1 aromatic rings. The third-order valence-electron chi connectivity index (χ3n) is 8.42. The molecule has 5 aliphatic carbocycles. The zero-order valence-electron chi connectivity index (χ0n) is 16.4. The average molecular weight is 407 g/mol. The van der Waals surface area contributed by atoms with Gasteiger partial charge in [0, 0.05) is 6.54 Å². The number of carbonyl (C=O) groups is 1. The molecule has 154 valence electrons. The van der Waals surface area contributed by atoms with Gasteiger partial charge < -0.3 is 15.2 Å². The van der Waals surface area contributed by atoms with Crippen LogP contribution in [0.4, 0.5) is 0 Å². The van der Waals surface area contributed by atoms with Gasteiger partial charge in [0.25, 0.3) is 0 Å². The van der Waals surface area contributed by atoms with Crippen molar-refractivity contribution >= 4 is 18.3 Å². The molecule has 1 aliphatic heterocycles. The number of nitrogens with two attached hydrogens (primary N) is 1. The maximum absolute atomic E-state index is 13.8. The van der Waals surface area contributed by atoms with E-state index in [1.807, 2.05) is 0 Å². The quantitative estimate of drug-likeness (QED) is 0.826. The van der Waals surface area contributed by atoms with Crippen molar-refractivity contribution in [3.8, 4) is 0 Å². The summed E-state index contributed by atoms with van der Waals surface area (Å²) in [5, 5.41) is 4.19. The Morgan fingerprint density at radius 2 is 1.71 bits per heavy atom. The Labute approximate surface area is 172 Å². The number of aromatic nitrogens is 2. The Morgan fingerprint density at radius 3 is 2.29 bits per heavy atom. The van der Waals surface area contributed by atoms with Crippen LogP contribution in [0.2, 0.25) is 0 Å². The van der Waals surface area contributed by atoms with Crippen LogP contribution in [0.15, 0.2) is 4.52 Å². The second-order valence-corrected chi connectivity index (χ2v) is 10.3. The molecule has 1 unspecified atom stereocenters. The van der Waals surface area contributed by atoms with Gasteiger partial charge in [0.05, 0.1) is 11.0 Å². The molecular weight excluding hydrogens is 376 g/mol. The molecule has 5 saturated carbocycles. The van der Waals surface area contributed by atoms with Gasteiger partial charge in [-0.3, -0.25) is 4.79 Å². The van der Waals surface area contributed by atoms with Crippen LogP contribution in [0.1, 0.15) is 88.4 Å². The van der Waals surface area contributed by atoms with Crippen molar-refractivity contribution < 1.29 is 9.32 Å². The third-order valence-corrected chi connectivity index (χ3v) is 8.42. The second-order valence-electron chi connectivity index (χ2n) is 10.3. The van der Waals surface area contributed by atoms with E-state index in [4.69, 9.17) is 10.3 Å². The van der Waals surface area contributed by atoms with E-state index in [0.717, 1.165) is 75.7 Å². The first-order valence-electron chi connectivity index (χ1n) is 11.0. The highest BCUT2D eigenvalue weighted by Gasteiger charge is 2.57. The summed E-state index contributed by atoms with van der Waals surface area (Å²) in [5.74, 6) is 3.98. The van der Waals surface area contributed by atoms with E-state index in [-0.39, 0.29) is 23.9 Å². The average Bonchev–Trinajstić information content (AvgIpc) is 3.27. The first kappa shape index (κ1) is 18.9. The predicted octanol–water partition coefficient (Wildman–Crippen LogP) is 3.71. The molecule has 1 saturated heterocycles. The summed E-state index contributed by atoms with van der Waals surface area (Å²) in [4.78, 5) is 20.5. The molecule has 1 atom stereocenters. The summed E-state index contributed by atoms with van der Waals surface area (Å²) in [7, 11) is 0. The third kappa shape index (κ3) is 2.67. The molecule has 6 aliphatic rings. The lowest BCUT2D eigenvalue weighted by Gasteiger charge is -2.56. The van der Waals surface area contributed by atoms with Gasteiger partial charge in [-0.25, -0.2) is 0 Å². The minimum absolute atomic E-state index is 0. The van der Waals surface area contributed by atoms with E-state index in [1.165, 1.54) is 19.3 Å². The van der Waals surface area contributed by atoms with Crippen LogP contribution in [-0.2, 0) is 10.3 Å². The summed E-state index contributed by atoms with van der Waals surface area (Å²) in [5.41, 5.74) is 5.87. The highest BCUT2D eigenvalue weighted by molar-refractivity contribution is 5.85. The number of hydrogen-bond acceptors (Lipinski definition) is 5. The normalized spacial score (nSPS) is 40.2. The van der Waals surface area contributed by atoms with Gasteiger partial charge >= 0.3 is 0 Å². The number of likely N-dealkylation sites (tertiary alicyclic amines) is 1. The molecular formula is C21H31ClN4O2. The molecule has 1 aromatic heterocycles. The van der Waals surface area contributed by atoms with Crippen molar-refractivity contribution in [2.24, 2.45) is 28.9 Å². The number of carbonyl (C=O) groups excluding carboxylic acids is 1. The van der Waals surface area contributed by atoms with Crippen LogP contribution in [0.3, 0.4) is 0 Å². The number of amides is 1. The van der Waals surface area contributed by atoms with Gasteiger partial charge in [0.1, 0.15) is 6.04 Å². The Bertz CT molecular complexity index is 739. The van der Waals surface area contributed by atoms with Gasteiger partial charge in [-0.05, 0) is 88.4 Å².